The monoisotopic (exact) mass is 446 g/mol. The van der Waals surface area contributed by atoms with Crippen LogP contribution in [-0.2, 0) is 17.8 Å². The molecule has 1 N–H and O–H groups in total. The lowest BCUT2D eigenvalue weighted by Gasteiger charge is -2.57. The number of hydrogen-bond donors (Lipinski definition) is 1. The molecule has 2 atom stereocenters. The van der Waals surface area contributed by atoms with Crippen molar-refractivity contribution in [2.24, 2.45) is 40.4 Å². The van der Waals surface area contributed by atoms with Gasteiger partial charge in [-0.15, -0.1) is 0 Å². The van der Waals surface area contributed by atoms with Crippen LogP contribution in [0.3, 0.4) is 0 Å². The predicted octanol–water partition coefficient (Wildman–Crippen LogP) is 4.98. The van der Waals surface area contributed by atoms with Crippen molar-refractivity contribution in [2.75, 3.05) is 18.4 Å². The van der Waals surface area contributed by atoms with Gasteiger partial charge in [0.2, 0.25) is 5.91 Å². The highest BCUT2D eigenvalue weighted by atomic mass is 16.2. The summed E-state index contributed by atoms with van der Waals surface area (Å²) in [4.78, 5) is 25.4. The van der Waals surface area contributed by atoms with E-state index < -0.39 is 0 Å². The SMILES string of the molecule is CC1(C)C2CC=C(CN3CCc4c(ncnc4NC(=O)C45CC6CC(CC(C6)C4)C5)C3)C1C2. The molecule has 176 valence electrons. The van der Waals surface area contributed by atoms with Crippen LogP contribution in [0.25, 0.3) is 0 Å². The topological polar surface area (TPSA) is 58.1 Å². The summed E-state index contributed by atoms with van der Waals surface area (Å²) in [6.07, 6.45) is 15.1. The van der Waals surface area contributed by atoms with Gasteiger partial charge in [0.15, 0.2) is 0 Å². The number of rotatable bonds is 4. The first-order valence-electron chi connectivity index (χ1n) is 13.4. The average molecular weight is 447 g/mol. The molecule has 0 spiro atoms. The number of aromatic nitrogens is 2. The minimum atomic E-state index is -0.131. The van der Waals surface area contributed by atoms with Gasteiger partial charge in [0.25, 0.3) is 0 Å². The molecule has 33 heavy (non-hydrogen) atoms. The van der Waals surface area contributed by atoms with Gasteiger partial charge in [-0.3, -0.25) is 9.69 Å². The number of allylic oxidation sites excluding steroid dienone is 1. The van der Waals surface area contributed by atoms with Crippen molar-refractivity contribution >= 4 is 11.7 Å². The Morgan fingerprint density at radius 2 is 1.82 bits per heavy atom. The molecule has 0 saturated heterocycles. The van der Waals surface area contributed by atoms with E-state index in [0.717, 1.165) is 86.4 Å². The molecule has 6 bridgehead atoms. The minimum absolute atomic E-state index is 0.131. The molecule has 2 unspecified atom stereocenters. The number of carbonyl (C=O) groups excluding carboxylic acids is 1. The van der Waals surface area contributed by atoms with Crippen LogP contribution in [0.15, 0.2) is 18.0 Å². The number of anilines is 1. The predicted molar refractivity (Wildman–Crippen MR) is 128 cm³/mol. The van der Waals surface area contributed by atoms with E-state index >= 15 is 0 Å². The lowest BCUT2D eigenvalue weighted by Crippen LogP contribution is -2.52. The second-order valence-corrected chi connectivity index (χ2v) is 13.1. The molecule has 8 aliphatic rings. The Hall–Kier alpha value is -1.75. The lowest BCUT2D eigenvalue weighted by molar-refractivity contribution is -0.140. The summed E-state index contributed by atoms with van der Waals surface area (Å²) in [7, 11) is 0. The lowest BCUT2D eigenvalue weighted by atomic mass is 9.49. The van der Waals surface area contributed by atoms with E-state index in [1.54, 1.807) is 11.9 Å². The normalized spacial score (nSPS) is 40.1. The Bertz CT molecular complexity index is 991. The van der Waals surface area contributed by atoms with Crippen LogP contribution in [-0.4, -0.2) is 33.9 Å². The van der Waals surface area contributed by atoms with Gasteiger partial charge in [0.1, 0.15) is 12.1 Å². The fraction of sp³-hybridized carbons (Fsp3) is 0.750. The summed E-state index contributed by atoms with van der Waals surface area (Å²) >= 11 is 0. The third-order valence-electron chi connectivity index (χ3n) is 10.8. The molecule has 1 aromatic rings. The third-order valence-corrected chi connectivity index (χ3v) is 10.8. The molecule has 5 nitrogen and oxygen atoms in total. The van der Waals surface area contributed by atoms with Gasteiger partial charge in [-0.25, -0.2) is 9.97 Å². The molecule has 0 radical (unpaired) electrons. The van der Waals surface area contributed by atoms with E-state index in [1.807, 2.05) is 0 Å². The third kappa shape index (κ3) is 3.17. The number of fused-ring (bicyclic) bond motifs is 2. The molecule has 1 aliphatic heterocycles. The minimum Gasteiger partial charge on any atom is -0.310 e. The zero-order chi connectivity index (χ0) is 22.4. The Morgan fingerprint density at radius 3 is 2.48 bits per heavy atom. The number of amides is 1. The fourth-order valence-electron chi connectivity index (χ4n) is 9.19. The van der Waals surface area contributed by atoms with Crippen molar-refractivity contribution < 1.29 is 4.79 Å². The number of hydrogen-bond acceptors (Lipinski definition) is 4. The van der Waals surface area contributed by atoms with Crippen LogP contribution < -0.4 is 5.32 Å². The van der Waals surface area contributed by atoms with E-state index in [-0.39, 0.29) is 11.3 Å². The maximum absolute atomic E-state index is 13.6. The maximum atomic E-state index is 13.6. The van der Waals surface area contributed by atoms with Crippen molar-refractivity contribution in [2.45, 2.75) is 78.2 Å². The first-order chi connectivity index (χ1) is 15.9. The zero-order valence-corrected chi connectivity index (χ0v) is 20.3. The number of carbonyl (C=O) groups is 1. The summed E-state index contributed by atoms with van der Waals surface area (Å²) in [6, 6.07) is 0. The van der Waals surface area contributed by atoms with Crippen molar-refractivity contribution in [1.29, 1.82) is 0 Å². The van der Waals surface area contributed by atoms with Crippen LogP contribution in [0, 0.1) is 40.4 Å². The molecule has 1 amide bonds. The average Bonchev–Trinajstić information content (AvgIpc) is 2.78. The van der Waals surface area contributed by atoms with Gasteiger partial charge < -0.3 is 5.32 Å². The summed E-state index contributed by atoms with van der Waals surface area (Å²) < 4.78 is 0. The highest BCUT2D eigenvalue weighted by Crippen LogP contribution is 2.61. The molecule has 7 aliphatic carbocycles. The number of nitrogens with zero attached hydrogens (tertiary/aromatic N) is 3. The standard InChI is InChI=1S/C28H38N4O/c1-27(2)21-4-3-20(23(27)10-21)14-32-6-5-22-24(15-32)29-16-30-25(22)31-26(33)28-11-17-7-18(12-28)9-19(8-17)13-28/h3,16-19,21,23H,4-15H2,1-2H3,(H,29,30,31,33). The van der Waals surface area contributed by atoms with E-state index in [0.29, 0.717) is 5.41 Å². The van der Waals surface area contributed by atoms with E-state index in [9.17, 15) is 4.79 Å². The largest absolute Gasteiger partial charge is 0.310 e. The molecule has 1 aromatic heterocycles. The van der Waals surface area contributed by atoms with Crippen LogP contribution in [0.5, 0.6) is 0 Å². The Labute approximate surface area is 197 Å². The van der Waals surface area contributed by atoms with E-state index in [1.165, 1.54) is 37.7 Å². The van der Waals surface area contributed by atoms with Crippen molar-refractivity contribution in [3.63, 3.8) is 0 Å². The fourth-order valence-corrected chi connectivity index (χ4v) is 9.19. The molecule has 5 saturated carbocycles. The van der Waals surface area contributed by atoms with Crippen molar-refractivity contribution in [3.05, 3.63) is 29.2 Å². The summed E-state index contributed by atoms with van der Waals surface area (Å²) in [6.45, 7) is 7.87. The zero-order valence-electron chi connectivity index (χ0n) is 20.3. The Balaban J connectivity index is 1.06. The second kappa shape index (κ2) is 7.13. The van der Waals surface area contributed by atoms with Gasteiger partial charge >= 0.3 is 0 Å². The van der Waals surface area contributed by atoms with Gasteiger partial charge in [0, 0.05) is 25.2 Å². The quantitative estimate of drug-likeness (QED) is 0.663. The maximum Gasteiger partial charge on any atom is 0.231 e. The van der Waals surface area contributed by atoms with Gasteiger partial charge in [-0.05, 0) is 92.8 Å². The Kier molecular flexibility index (Phi) is 4.45. The molecule has 5 fully saturated rings. The molecule has 2 heterocycles. The van der Waals surface area contributed by atoms with E-state index in [2.05, 4.69) is 40.1 Å². The highest BCUT2D eigenvalue weighted by molar-refractivity contribution is 5.95. The number of nitrogens with one attached hydrogen (secondary N) is 1. The molecule has 0 aromatic carbocycles. The first kappa shape index (κ1) is 20.6. The van der Waals surface area contributed by atoms with Gasteiger partial charge in [-0.2, -0.15) is 0 Å². The van der Waals surface area contributed by atoms with Crippen molar-refractivity contribution in [1.82, 2.24) is 14.9 Å². The summed E-state index contributed by atoms with van der Waals surface area (Å²) in [5.41, 5.74) is 4.28. The van der Waals surface area contributed by atoms with Crippen LogP contribution in [0.2, 0.25) is 0 Å². The van der Waals surface area contributed by atoms with Crippen LogP contribution in [0.4, 0.5) is 5.82 Å². The smallest absolute Gasteiger partial charge is 0.231 e. The van der Waals surface area contributed by atoms with E-state index in [4.69, 9.17) is 0 Å². The second-order valence-electron chi connectivity index (χ2n) is 13.1. The first-order valence-corrected chi connectivity index (χ1v) is 13.4. The molecular weight excluding hydrogens is 408 g/mol. The van der Waals surface area contributed by atoms with Crippen LogP contribution in [0.1, 0.15) is 76.5 Å². The summed E-state index contributed by atoms with van der Waals surface area (Å²) in [5.74, 6) is 5.03. The highest BCUT2D eigenvalue weighted by Gasteiger charge is 2.55. The molecule has 5 heteroatoms. The summed E-state index contributed by atoms with van der Waals surface area (Å²) in [5, 5.41) is 3.33. The van der Waals surface area contributed by atoms with Gasteiger partial charge in [0.05, 0.1) is 11.1 Å². The Morgan fingerprint density at radius 1 is 1.09 bits per heavy atom. The van der Waals surface area contributed by atoms with Crippen LogP contribution >= 0.6 is 0 Å². The molecule has 9 rings (SSSR count). The van der Waals surface area contributed by atoms with Crippen molar-refractivity contribution in [3.8, 4) is 0 Å². The van der Waals surface area contributed by atoms with Gasteiger partial charge in [-0.1, -0.05) is 25.5 Å². The molecular formula is C28H38N4O.